The van der Waals surface area contributed by atoms with E-state index in [1.807, 2.05) is 68.4 Å². The Morgan fingerprint density at radius 2 is 1.39 bits per heavy atom. The van der Waals surface area contributed by atoms with E-state index in [2.05, 4.69) is 0 Å². The van der Waals surface area contributed by atoms with Crippen molar-refractivity contribution in [1.29, 1.82) is 0 Å². The molecule has 0 bridgehead atoms. The van der Waals surface area contributed by atoms with Gasteiger partial charge < -0.3 is 9.84 Å². The van der Waals surface area contributed by atoms with Crippen molar-refractivity contribution in [1.82, 2.24) is 0 Å². The highest BCUT2D eigenvalue weighted by Crippen LogP contribution is 2.23. The van der Waals surface area contributed by atoms with Gasteiger partial charge >= 0.3 is 0 Å². The van der Waals surface area contributed by atoms with Gasteiger partial charge in [-0.3, -0.25) is 0 Å². The lowest BCUT2D eigenvalue weighted by atomic mass is 10.0. The van der Waals surface area contributed by atoms with Crippen molar-refractivity contribution in [2.45, 2.75) is 26.1 Å². The predicted octanol–water partition coefficient (Wildman–Crippen LogP) is 3.56. The van der Waals surface area contributed by atoms with Gasteiger partial charge in [0.25, 0.3) is 0 Å². The fourth-order valence-electron chi connectivity index (χ4n) is 1.83. The van der Waals surface area contributed by atoms with Crippen molar-refractivity contribution in [3.8, 4) is 5.75 Å². The minimum atomic E-state index is -0.584. The normalized spacial score (nSPS) is 12.4. The van der Waals surface area contributed by atoms with Crippen LogP contribution in [0.3, 0.4) is 0 Å². The zero-order chi connectivity index (χ0) is 13.0. The SMILES string of the molecule is CC(C)Oc1ccc(C(O)c2ccccc2)cc1. The van der Waals surface area contributed by atoms with Crippen molar-refractivity contribution >= 4 is 0 Å². The molecular weight excluding hydrogens is 224 g/mol. The first-order valence-electron chi connectivity index (χ1n) is 6.16. The minimum Gasteiger partial charge on any atom is -0.491 e. The van der Waals surface area contributed by atoms with Gasteiger partial charge in [0.1, 0.15) is 11.9 Å². The average Bonchev–Trinajstić information content (AvgIpc) is 2.39. The van der Waals surface area contributed by atoms with Gasteiger partial charge in [0, 0.05) is 0 Å². The molecule has 0 aliphatic rings. The fourth-order valence-corrected chi connectivity index (χ4v) is 1.83. The van der Waals surface area contributed by atoms with E-state index in [0.717, 1.165) is 16.9 Å². The van der Waals surface area contributed by atoms with Crippen LogP contribution in [0.2, 0.25) is 0 Å². The van der Waals surface area contributed by atoms with Crippen molar-refractivity contribution in [2.75, 3.05) is 0 Å². The number of rotatable bonds is 4. The molecule has 2 aromatic carbocycles. The summed E-state index contributed by atoms with van der Waals surface area (Å²) in [5.41, 5.74) is 1.77. The highest BCUT2D eigenvalue weighted by molar-refractivity contribution is 5.34. The first kappa shape index (κ1) is 12.7. The maximum absolute atomic E-state index is 10.2. The van der Waals surface area contributed by atoms with Gasteiger partial charge in [-0.2, -0.15) is 0 Å². The maximum Gasteiger partial charge on any atom is 0.119 e. The monoisotopic (exact) mass is 242 g/mol. The molecule has 1 unspecified atom stereocenters. The van der Waals surface area contributed by atoms with E-state index in [-0.39, 0.29) is 6.10 Å². The van der Waals surface area contributed by atoms with Gasteiger partial charge in [0.2, 0.25) is 0 Å². The molecule has 0 aliphatic heterocycles. The summed E-state index contributed by atoms with van der Waals surface area (Å²) in [6.07, 6.45) is -0.422. The van der Waals surface area contributed by atoms with Crippen LogP contribution >= 0.6 is 0 Å². The molecular formula is C16H18O2. The largest absolute Gasteiger partial charge is 0.491 e. The summed E-state index contributed by atoms with van der Waals surface area (Å²) >= 11 is 0. The number of ether oxygens (including phenoxy) is 1. The van der Waals surface area contributed by atoms with Crippen LogP contribution in [0, 0.1) is 0 Å². The van der Waals surface area contributed by atoms with Crippen LogP contribution in [0.4, 0.5) is 0 Å². The molecule has 2 heteroatoms. The third-order valence-electron chi connectivity index (χ3n) is 2.68. The Kier molecular flexibility index (Phi) is 4.00. The van der Waals surface area contributed by atoms with Crippen LogP contribution in [0.15, 0.2) is 54.6 Å². The second-order valence-electron chi connectivity index (χ2n) is 4.55. The van der Waals surface area contributed by atoms with Crippen LogP contribution in [0.1, 0.15) is 31.1 Å². The zero-order valence-corrected chi connectivity index (χ0v) is 10.7. The molecule has 0 radical (unpaired) electrons. The molecule has 0 fully saturated rings. The lowest BCUT2D eigenvalue weighted by Gasteiger charge is -2.13. The number of hydrogen-bond acceptors (Lipinski definition) is 2. The van der Waals surface area contributed by atoms with E-state index in [1.54, 1.807) is 0 Å². The smallest absolute Gasteiger partial charge is 0.119 e. The van der Waals surface area contributed by atoms with Crippen molar-refractivity contribution in [3.05, 3.63) is 65.7 Å². The Morgan fingerprint density at radius 1 is 0.833 bits per heavy atom. The Morgan fingerprint density at radius 3 is 1.94 bits per heavy atom. The van der Waals surface area contributed by atoms with Crippen LogP contribution < -0.4 is 4.74 Å². The summed E-state index contributed by atoms with van der Waals surface area (Å²) in [6.45, 7) is 3.99. The first-order chi connectivity index (χ1) is 8.66. The minimum absolute atomic E-state index is 0.162. The highest BCUT2D eigenvalue weighted by atomic mass is 16.5. The molecule has 2 rings (SSSR count). The lowest BCUT2D eigenvalue weighted by molar-refractivity contribution is 0.219. The van der Waals surface area contributed by atoms with Gasteiger partial charge in [-0.15, -0.1) is 0 Å². The third-order valence-corrected chi connectivity index (χ3v) is 2.68. The topological polar surface area (TPSA) is 29.5 Å². The standard InChI is InChI=1S/C16H18O2/c1-12(2)18-15-10-8-14(9-11-15)16(17)13-6-4-3-5-7-13/h3-12,16-17H,1-2H3. The van der Waals surface area contributed by atoms with E-state index in [0.29, 0.717) is 0 Å². The molecule has 2 nitrogen and oxygen atoms in total. The lowest BCUT2D eigenvalue weighted by Crippen LogP contribution is -2.05. The molecule has 0 saturated carbocycles. The molecule has 94 valence electrons. The maximum atomic E-state index is 10.2. The second-order valence-corrected chi connectivity index (χ2v) is 4.55. The molecule has 18 heavy (non-hydrogen) atoms. The van der Waals surface area contributed by atoms with Crippen LogP contribution in [0.25, 0.3) is 0 Å². The molecule has 0 amide bonds. The summed E-state index contributed by atoms with van der Waals surface area (Å²) in [4.78, 5) is 0. The molecule has 1 atom stereocenters. The Labute approximate surface area is 108 Å². The summed E-state index contributed by atoms with van der Waals surface area (Å²) in [5.74, 6) is 0.828. The summed E-state index contributed by atoms with van der Waals surface area (Å²) in [6, 6.07) is 17.2. The van der Waals surface area contributed by atoms with E-state index in [9.17, 15) is 5.11 Å². The number of benzene rings is 2. The Hall–Kier alpha value is -1.80. The summed E-state index contributed by atoms with van der Waals surface area (Å²) < 4.78 is 5.57. The van der Waals surface area contributed by atoms with Gasteiger partial charge in [-0.25, -0.2) is 0 Å². The molecule has 0 heterocycles. The van der Waals surface area contributed by atoms with Crippen LogP contribution in [0.5, 0.6) is 5.75 Å². The van der Waals surface area contributed by atoms with Gasteiger partial charge in [-0.1, -0.05) is 42.5 Å². The Bertz CT molecular complexity index is 474. The van der Waals surface area contributed by atoms with Gasteiger partial charge in [-0.05, 0) is 37.1 Å². The quantitative estimate of drug-likeness (QED) is 0.888. The number of aliphatic hydroxyl groups is 1. The average molecular weight is 242 g/mol. The van der Waals surface area contributed by atoms with Crippen molar-refractivity contribution in [2.24, 2.45) is 0 Å². The fraction of sp³-hybridized carbons (Fsp3) is 0.250. The predicted molar refractivity (Wildman–Crippen MR) is 72.7 cm³/mol. The molecule has 0 saturated heterocycles. The first-order valence-corrected chi connectivity index (χ1v) is 6.16. The van der Waals surface area contributed by atoms with E-state index in [4.69, 9.17) is 4.74 Å². The third kappa shape index (κ3) is 3.11. The van der Waals surface area contributed by atoms with Crippen molar-refractivity contribution < 1.29 is 9.84 Å². The van der Waals surface area contributed by atoms with E-state index in [1.165, 1.54) is 0 Å². The molecule has 0 aromatic heterocycles. The molecule has 0 spiro atoms. The van der Waals surface area contributed by atoms with Gasteiger partial charge in [0.05, 0.1) is 6.10 Å². The summed E-state index contributed by atoms with van der Waals surface area (Å²) in [5, 5.41) is 10.2. The molecule has 0 aliphatic carbocycles. The number of hydrogen-bond donors (Lipinski definition) is 1. The van der Waals surface area contributed by atoms with Gasteiger partial charge in [0.15, 0.2) is 0 Å². The van der Waals surface area contributed by atoms with E-state index >= 15 is 0 Å². The van der Waals surface area contributed by atoms with Crippen molar-refractivity contribution in [3.63, 3.8) is 0 Å². The van der Waals surface area contributed by atoms with E-state index < -0.39 is 6.10 Å². The Balaban J connectivity index is 2.14. The second kappa shape index (κ2) is 5.69. The van der Waals surface area contributed by atoms with Crippen LogP contribution in [-0.4, -0.2) is 11.2 Å². The zero-order valence-electron chi connectivity index (χ0n) is 10.7. The highest BCUT2D eigenvalue weighted by Gasteiger charge is 2.09. The molecule has 1 N–H and O–H groups in total. The van der Waals surface area contributed by atoms with Crippen LogP contribution in [-0.2, 0) is 0 Å². The summed E-state index contributed by atoms with van der Waals surface area (Å²) in [7, 11) is 0. The molecule has 2 aromatic rings. The number of aliphatic hydroxyl groups excluding tert-OH is 1.